The van der Waals surface area contributed by atoms with E-state index in [0.717, 1.165) is 31.4 Å². The van der Waals surface area contributed by atoms with E-state index in [1.54, 1.807) is 7.11 Å². The van der Waals surface area contributed by atoms with Crippen molar-refractivity contribution in [2.45, 2.75) is 57.2 Å². The minimum Gasteiger partial charge on any atom is -0.497 e. The van der Waals surface area contributed by atoms with Gasteiger partial charge in [-0.05, 0) is 43.9 Å². The van der Waals surface area contributed by atoms with Crippen LogP contribution in [0, 0.1) is 0 Å². The van der Waals surface area contributed by atoms with Crippen molar-refractivity contribution < 1.29 is 9.84 Å². The second-order valence-electron chi connectivity index (χ2n) is 5.58. The van der Waals surface area contributed by atoms with Crippen LogP contribution in [0.3, 0.4) is 0 Å². The number of methoxy groups -OCH3 is 1. The van der Waals surface area contributed by atoms with Gasteiger partial charge in [0.25, 0.3) is 0 Å². The van der Waals surface area contributed by atoms with Crippen LogP contribution in [0.15, 0.2) is 24.3 Å². The highest BCUT2D eigenvalue weighted by molar-refractivity contribution is 5.27. The minimum absolute atomic E-state index is 0.174. The highest BCUT2D eigenvalue weighted by Crippen LogP contribution is 2.19. The Kier molecular flexibility index (Phi) is 5.23. The van der Waals surface area contributed by atoms with Crippen molar-refractivity contribution >= 4 is 0 Å². The summed E-state index contributed by atoms with van der Waals surface area (Å²) in [5.74, 6) is 0.895. The molecule has 0 radical (unpaired) electrons. The molecule has 1 fully saturated rings. The van der Waals surface area contributed by atoms with E-state index in [0.29, 0.717) is 6.04 Å². The highest BCUT2D eigenvalue weighted by Gasteiger charge is 2.23. The van der Waals surface area contributed by atoms with Crippen LogP contribution in [0.4, 0.5) is 0 Å². The van der Waals surface area contributed by atoms with Gasteiger partial charge in [-0.1, -0.05) is 25.0 Å². The monoisotopic (exact) mass is 263 g/mol. The van der Waals surface area contributed by atoms with E-state index in [9.17, 15) is 5.11 Å². The van der Waals surface area contributed by atoms with Crippen molar-refractivity contribution in [1.82, 2.24) is 5.32 Å². The van der Waals surface area contributed by atoms with Crippen molar-refractivity contribution in [3.63, 3.8) is 0 Å². The Labute approximate surface area is 116 Å². The molecule has 106 valence electrons. The number of hydrogen-bond donors (Lipinski definition) is 2. The van der Waals surface area contributed by atoms with E-state index in [1.807, 2.05) is 12.1 Å². The second kappa shape index (κ2) is 6.92. The summed E-state index contributed by atoms with van der Waals surface area (Å²) >= 11 is 0. The van der Waals surface area contributed by atoms with Crippen LogP contribution in [-0.2, 0) is 6.42 Å². The summed E-state index contributed by atoms with van der Waals surface area (Å²) in [6, 6.07) is 8.85. The molecule has 3 atom stereocenters. The van der Waals surface area contributed by atoms with Gasteiger partial charge in [0, 0.05) is 12.1 Å². The topological polar surface area (TPSA) is 41.5 Å². The molecule has 1 aromatic rings. The van der Waals surface area contributed by atoms with Gasteiger partial charge in [-0.15, -0.1) is 0 Å². The molecule has 1 aliphatic rings. The van der Waals surface area contributed by atoms with E-state index in [4.69, 9.17) is 4.74 Å². The number of ether oxygens (including phenoxy) is 1. The zero-order valence-corrected chi connectivity index (χ0v) is 11.9. The fourth-order valence-corrected chi connectivity index (χ4v) is 2.85. The first-order chi connectivity index (χ1) is 9.19. The van der Waals surface area contributed by atoms with Crippen molar-refractivity contribution in [3.8, 4) is 5.75 Å². The third-order valence-electron chi connectivity index (χ3n) is 3.93. The molecular weight excluding hydrogens is 238 g/mol. The van der Waals surface area contributed by atoms with Crippen LogP contribution in [0.2, 0.25) is 0 Å². The molecular formula is C16H25NO2. The first-order valence-corrected chi connectivity index (χ1v) is 7.26. The molecule has 0 aliphatic heterocycles. The fourth-order valence-electron chi connectivity index (χ4n) is 2.85. The number of aliphatic hydroxyl groups is 1. The lowest BCUT2D eigenvalue weighted by Crippen LogP contribution is -2.46. The molecule has 2 rings (SSSR count). The Bertz CT molecular complexity index is 377. The van der Waals surface area contributed by atoms with E-state index in [1.165, 1.54) is 12.0 Å². The van der Waals surface area contributed by atoms with Crippen molar-refractivity contribution in [3.05, 3.63) is 29.8 Å². The van der Waals surface area contributed by atoms with Crippen molar-refractivity contribution in [2.75, 3.05) is 7.11 Å². The molecule has 0 saturated heterocycles. The van der Waals surface area contributed by atoms with Gasteiger partial charge in [0.15, 0.2) is 0 Å². The highest BCUT2D eigenvalue weighted by atomic mass is 16.5. The molecule has 1 aromatic carbocycles. The molecule has 0 heterocycles. The molecule has 1 saturated carbocycles. The number of aliphatic hydroxyl groups excluding tert-OH is 1. The maximum absolute atomic E-state index is 9.97. The number of rotatable bonds is 5. The molecule has 3 unspecified atom stereocenters. The third-order valence-corrected chi connectivity index (χ3v) is 3.93. The SMILES string of the molecule is COc1ccc(CC(C)NC2CCCCC2O)cc1. The van der Waals surface area contributed by atoms with Crippen LogP contribution in [0.5, 0.6) is 5.75 Å². The van der Waals surface area contributed by atoms with Crippen LogP contribution >= 0.6 is 0 Å². The summed E-state index contributed by atoms with van der Waals surface area (Å²) in [4.78, 5) is 0. The molecule has 1 aliphatic carbocycles. The lowest BCUT2D eigenvalue weighted by atomic mass is 9.91. The first-order valence-electron chi connectivity index (χ1n) is 7.26. The normalized spacial score (nSPS) is 25.0. The zero-order valence-electron chi connectivity index (χ0n) is 11.9. The van der Waals surface area contributed by atoms with Gasteiger partial charge >= 0.3 is 0 Å². The lowest BCUT2D eigenvalue weighted by Gasteiger charge is -2.31. The van der Waals surface area contributed by atoms with Crippen molar-refractivity contribution in [1.29, 1.82) is 0 Å². The second-order valence-corrected chi connectivity index (χ2v) is 5.58. The molecule has 3 heteroatoms. The summed E-state index contributed by atoms with van der Waals surface area (Å²) in [5.41, 5.74) is 1.30. The fraction of sp³-hybridized carbons (Fsp3) is 0.625. The Morgan fingerprint density at radius 1 is 1.26 bits per heavy atom. The number of hydrogen-bond acceptors (Lipinski definition) is 3. The van der Waals surface area contributed by atoms with Gasteiger partial charge in [-0.25, -0.2) is 0 Å². The molecule has 0 aromatic heterocycles. The summed E-state index contributed by atoms with van der Waals surface area (Å²) in [6.45, 7) is 2.19. The average molecular weight is 263 g/mol. The van der Waals surface area contributed by atoms with Crippen LogP contribution < -0.4 is 10.1 Å². The maximum Gasteiger partial charge on any atom is 0.118 e. The van der Waals surface area contributed by atoms with Gasteiger partial charge < -0.3 is 15.2 Å². The summed E-state index contributed by atoms with van der Waals surface area (Å²) in [5, 5.41) is 13.5. The molecule has 0 spiro atoms. The molecule has 2 N–H and O–H groups in total. The smallest absolute Gasteiger partial charge is 0.118 e. The number of benzene rings is 1. The average Bonchev–Trinajstić information content (AvgIpc) is 2.42. The largest absolute Gasteiger partial charge is 0.497 e. The number of nitrogens with one attached hydrogen (secondary N) is 1. The third kappa shape index (κ3) is 4.22. The quantitative estimate of drug-likeness (QED) is 0.857. The molecule has 19 heavy (non-hydrogen) atoms. The van der Waals surface area contributed by atoms with E-state index < -0.39 is 0 Å². The van der Waals surface area contributed by atoms with Crippen LogP contribution in [-0.4, -0.2) is 30.4 Å². The lowest BCUT2D eigenvalue weighted by molar-refractivity contribution is 0.0859. The van der Waals surface area contributed by atoms with Crippen LogP contribution in [0.25, 0.3) is 0 Å². The Morgan fingerprint density at radius 3 is 2.58 bits per heavy atom. The predicted molar refractivity (Wildman–Crippen MR) is 77.6 cm³/mol. The summed E-state index contributed by atoms with van der Waals surface area (Å²) in [6.07, 6.45) is 5.22. The standard InChI is InChI=1S/C16H25NO2/c1-12(17-15-5-3-4-6-16(15)18)11-13-7-9-14(19-2)10-8-13/h7-10,12,15-18H,3-6,11H2,1-2H3. The zero-order chi connectivity index (χ0) is 13.7. The minimum atomic E-state index is -0.174. The predicted octanol–water partition coefficient (Wildman–Crippen LogP) is 2.52. The van der Waals surface area contributed by atoms with E-state index >= 15 is 0 Å². The summed E-state index contributed by atoms with van der Waals surface area (Å²) in [7, 11) is 1.68. The van der Waals surface area contributed by atoms with Gasteiger partial charge in [0.2, 0.25) is 0 Å². The Morgan fingerprint density at radius 2 is 1.95 bits per heavy atom. The molecule has 0 amide bonds. The van der Waals surface area contributed by atoms with Crippen LogP contribution in [0.1, 0.15) is 38.2 Å². The molecule has 0 bridgehead atoms. The Balaban J connectivity index is 1.84. The van der Waals surface area contributed by atoms with Gasteiger partial charge in [0.1, 0.15) is 5.75 Å². The van der Waals surface area contributed by atoms with Crippen molar-refractivity contribution in [2.24, 2.45) is 0 Å². The van der Waals surface area contributed by atoms with Gasteiger partial charge in [0.05, 0.1) is 13.2 Å². The van der Waals surface area contributed by atoms with Gasteiger partial charge in [-0.2, -0.15) is 0 Å². The first kappa shape index (κ1) is 14.4. The van der Waals surface area contributed by atoms with E-state index in [2.05, 4.69) is 24.4 Å². The van der Waals surface area contributed by atoms with E-state index in [-0.39, 0.29) is 12.1 Å². The Hall–Kier alpha value is -1.06. The summed E-state index contributed by atoms with van der Waals surface area (Å²) < 4.78 is 5.16. The van der Waals surface area contributed by atoms with Gasteiger partial charge in [-0.3, -0.25) is 0 Å². The molecule has 3 nitrogen and oxygen atoms in total. The maximum atomic E-state index is 9.97.